The molecule has 0 amide bonds. The fourth-order valence-electron chi connectivity index (χ4n) is 6.24. The van der Waals surface area contributed by atoms with Crippen molar-refractivity contribution >= 4 is 17.9 Å². The van der Waals surface area contributed by atoms with Gasteiger partial charge in [0.2, 0.25) is 0 Å². The molecule has 0 aromatic heterocycles. The van der Waals surface area contributed by atoms with Gasteiger partial charge in [0, 0.05) is 19.3 Å². The molecular formula is C60H92O6. The highest BCUT2D eigenvalue weighted by Gasteiger charge is 2.19. The Morgan fingerprint density at radius 2 is 0.621 bits per heavy atom. The minimum absolute atomic E-state index is 0.135. The van der Waals surface area contributed by atoms with Crippen LogP contribution in [0.5, 0.6) is 0 Å². The van der Waals surface area contributed by atoms with Crippen LogP contribution in [0.4, 0.5) is 0 Å². The van der Waals surface area contributed by atoms with Crippen LogP contribution < -0.4 is 0 Å². The molecule has 66 heavy (non-hydrogen) atoms. The van der Waals surface area contributed by atoms with E-state index in [9.17, 15) is 14.4 Å². The van der Waals surface area contributed by atoms with Gasteiger partial charge < -0.3 is 14.2 Å². The van der Waals surface area contributed by atoms with Crippen LogP contribution in [0.1, 0.15) is 194 Å². The van der Waals surface area contributed by atoms with Gasteiger partial charge in [-0.2, -0.15) is 0 Å². The molecule has 0 aliphatic heterocycles. The number of unbranched alkanes of at least 4 members (excludes halogenated alkanes) is 9. The average Bonchev–Trinajstić information content (AvgIpc) is 3.31. The maximum atomic E-state index is 12.8. The predicted molar refractivity (Wildman–Crippen MR) is 283 cm³/mol. The van der Waals surface area contributed by atoms with Gasteiger partial charge in [-0.3, -0.25) is 14.4 Å². The molecule has 0 spiro atoms. The molecule has 368 valence electrons. The summed E-state index contributed by atoms with van der Waals surface area (Å²) in [4.78, 5) is 37.9. The third-order valence-electron chi connectivity index (χ3n) is 10.1. The quantitative estimate of drug-likeness (QED) is 0.0262. The minimum Gasteiger partial charge on any atom is -0.462 e. The van der Waals surface area contributed by atoms with Crippen molar-refractivity contribution in [2.45, 2.75) is 200 Å². The van der Waals surface area contributed by atoms with Crippen LogP contribution in [0.2, 0.25) is 0 Å². The maximum Gasteiger partial charge on any atom is 0.306 e. The first-order valence-electron chi connectivity index (χ1n) is 25.8. The number of hydrogen-bond donors (Lipinski definition) is 0. The van der Waals surface area contributed by atoms with Crippen LogP contribution in [0.25, 0.3) is 0 Å². The van der Waals surface area contributed by atoms with Gasteiger partial charge in [0.05, 0.1) is 0 Å². The maximum absolute atomic E-state index is 12.8. The SMILES string of the molecule is CC/C=C\C/C=C\C/C=C\C/C=C\C/C=C\C/C=C\CCCCC(=O)OCC(COC(=O)CC/C=C\C/C=C\C/C=C\C/C=C\CC)OC(=O)CCCCCCC/C=C\C/C=C\CCCC. The third kappa shape index (κ3) is 50.3. The minimum atomic E-state index is -0.838. The molecule has 0 aromatic carbocycles. The van der Waals surface area contributed by atoms with Gasteiger partial charge in [0.25, 0.3) is 0 Å². The van der Waals surface area contributed by atoms with E-state index >= 15 is 0 Å². The second kappa shape index (κ2) is 52.9. The molecule has 6 nitrogen and oxygen atoms in total. The summed E-state index contributed by atoms with van der Waals surface area (Å²) in [6.07, 6.45) is 75.6. The number of carbonyl (C=O) groups is 3. The molecule has 0 aliphatic carbocycles. The number of rotatable bonds is 44. The number of carbonyl (C=O) groups excluding carboxylic acids is 3. The topological polar surface area (TPSA) is 78.9 Å². The predicted octanol–water partition coefficient (Wildman–Crippen LogP) is 17.3. The van der Waals surface area contributed by atoms with E-state index in [-0.39, 0.29) is 50.4 Å². The largest absolute Gasteiger partial charge is 0.462 e. The lowest BCUT2D eigenvalue weighted by Crippen LogP contribution is -2.30. The molecule has 1 unspecified atom stereocenters. The Kier molecular flexibility index (Phi) is 49.1. The lowest BCUT2D eigenvalue weighted by Gasteiger charge is -2.18. The van der Waals surface area contributed by atoms with E-state index in [1.807, 2.05) is 12.2 Å². The highest BCUT2D eigenvalue weighted by molar-refractivity contribution is 5.71. The number of allylic oxidation sites excluding steroid dienone is 24. The fraction of sp³-hybridized carbons (Fsp3) is 0.550. The second-order valence-electron chi connectivity index (χ2n) is 16.3. The Bertz CT molecular complexity index is 1510. The van der Waals surface area contributed by atoms with Crippen LogP contribution in [-0.4, -0.2) is 37.2 Å². The lowest BCUT2D eigenvalue weighted by molar-refractivity contribution is -0.166. The van der Waals surface area contributed by atoms with Crippen molar-refractivity contribution in [3.05, 3.63) is 146 Å². The van der Waals surface area contributed by atoms with Crippen molar-refractivity contribution in [3.63, 3.8) is 0 Å². The molecule has 0 aromatic rings. The second-order valence-corrected chi connectivity index (χ2v) is 16.3. The average molecular weight is 909 g/mol. The molecule has 0 fully saturated rings. The van der Waals surface area contributed by atoms with Crippen molar-refractivity contribution in [3.8, 4) is 0 Å². The summed E-state index contributed by atoms with van der Waals surface area (Å²) < 4.78 is 16.7. The number of hydrogen-bond acceptors (Lipinski definition) is 6. The number of ether oxygens (including phenoxy) is 3. The van der Waals surface area contributed by atoms with Crippen LogP contribution in [0.3, 0.4) is 0 Å². The van der Waals surface area contributed by atoms with Gasteiger partial charge in [0.15, 0.2) is 6.10 Å². The van der Waals surface area contributed by atoms with E-state index in [4.69, 9.17) is 14.2 Å². The van der Waals surface area contributed by atoms with Gasteiger partial charge in [-0.05, 0) is 122 Å². The van der Waals surface area contributed by atoms with Crippen LogP contribution in [0, 0.1) is 0 Å². The zero-order valence-corrected chi connectivity index (χ0v) is 41.9. The summed E-state index contributed by atoms with van der Waals surface area (Å²) in [7, 11) is 0. The normalized spacial score (nSPS) is 13.3. The van der Waals surface area contributed by atoms with Gasteiger partial charge in [-0.25, -0.2) is 0 Å². The summed E-state index contributed by atoms with van der Waals surface area (Å²) in [6.45, 7) is 6.22. The van der Waals surface area contributed by atoms with E-state index in [0.29, 0.717) is 12.8 Å². The molecule has 0 rings (SSSR count). The Labute approximate surface area is 404 Å². The van der Waals surface area contributed by atoms with E-state index < -0.39 is 6.10 Å². The highest BCUT2D eigenvalue weighted by Crippen LogP contribution is 2.11. The van der Waals surface area contributed by atoms with Crippen molar-refractivity contribution in [2.24, 2.45) is 0 Å². The smallest absolute Gasteiger partial charge is 0.306 e. The first-order chi connectivity index (χ1) is 32.5. The lowest BCUT2D eigenvalue weighted by atomic mass is 10.1. The third-order valence-corrected chi connectivity index (χ3v) is 10.1. The summed E-state index contributed by atoms with van der Waals surface area (Å²) in [6, 6.07) is 0. The molecule has 0 saturated heterocycles. The van der Waals surface area contributed by atoms with E-state index in [1.54, 1.807) is 0 Å². The first kappa shape index (κ1) is 61.3. The molecule has 0 bridgehead atoms. The standard InChI is InChI=1S/C60H92O6/c1-4-7-10-13-16-19-22-25-27-28-29-30-31-32-33-36-38-41-44-47-50-53-59(62)65-56-57(55-64-58(61)52-49-46-43-40-37-34-24-21-18-15-12-9-6-3)66-60(63)54-51-48-45-42-39-35-26-23-20-17-14-11-8-5-2/h7,9-10,12,14,16-19,21,23,25-27,29-30,32-34,37-38,41,43,46,57H,4-6,8,11,13,15,20,22,24,28,31,35-36,39-40,42,44-45,47-56H2,1-3H3/b10-7-,12-9-,17-14-,19-16-,21-18-,26-23-,27-25-,30-29-,33-32-,37-34-,41-38-,46-43-. The Morgan fingerprint density at radius 1 is 0.318 bits per heavy atom. The van der Waals surface area contributed by atoms with Crippen LogP contribution in [-0.2, 0) is 28.6 Å². The summed E-state index contributed by atoms with van der Waals surface area (Å²) >= 11 is 0. The molecule has 0 radical (unpaired) electrons. The molecular weight excluding hydrogens is 817 g/mol. The molecule has 0 N–H and O–H groups in total. The van der Waals surface area contributed by atoms with E-state index in [1.165, 1.54) is 19.3 Å². The molecule has 0 saturated carbocycles. The van der Waals surface area contributed by atoms with Gasteiger partial charge >= 0.3 is 17.9 Å². The van der Waals surface area contributed by atoms with Gasteiger partial charge in [-0.1, -0.05) is 199 Å². The van der Waals surface area contributed by atoms with Gasteiger partial charge in [-0.15, -0.1) is 0 Å². The van der Waals surface area contributed by atoms with Crippen LogP contribution >= 0.6 is 0 Å². The van der Waals surface area contributed by atoms with E-state index in [2.05, 4.69) is 154 Å². The molecule has 1 atom stereocenters. The Morgan fingerprint density at radius 3 is 1.05 bits per heavy atom. The number of esters is 3. The Balaban J connectivity index is 4.57. The highest BCUT2D eigenvalue weighted by atomic mass is 16.6. The van der Waals surface area contributed by atoms with Gasteiger partial charge in [0.1, 0.15) is 13.2 Å². The molecule has 0 aliphatic rings. The summed E-state index contributed by atoms with van der Waals surface area (Å²) in [5.74, 6) is -1.08. The zero-order chi connectivity index (χ0) is 47.9. The van der Waals surface area contributed by atoms with Crippen molar-refractivity contribution in [2.75, 3.05) is 13.2 Å². The zero-order valence-electron chi connectivity index (χ0n) is 41.9. The summed E-state index contributed by atoms with van der Waals surface area (Å²) in [5, 5.41) is 0. The summed E-state index contributed by atoms with van der Waals surface area (Å²) in [5.41, 5.74) is 0. The van der Waals surface area contributed by atoms with E-state index in [0.717, 1.165) is 122 Å². The van der Waals surface area contributed by atoms with Crippen molar-refractivity contribution in [1.82, 2.24) is 0 Å². The van der Waals surface area contributed by atoms with Crippen LogP contribution in [0.15, 0.2) is 146 Å². The monoisotopic (exact) mass is 909 g/mol. The fourth-order valence-corrected chi connectivity index (χ4v) is 6.24. The Hall–Kier alpha value is -4.71. The molecule has 6 heteroatoms. The van der Waals surface area contributed by atoms with Crippen molar-refractivity contribution in [1.29, 1.82) is 0 Å². The molecule has 0 heterocycles. The van der Waals surface area contributed by atoms with Crippen molar-refractivity contribution < 1.29 is 28.6 Å². The first-order valence-corrected chi connectivity index (χ1v) is 25.8.